The summed E-state index contributed by atoms with van der Waals surface area (Å²) in [6.07, 6.45) is 0.681. The van der Waals surface area contributed by atoms with E-state index < -0.39 is 0 Å². The molecule has 2 aromatic rings. The van der Waals surface area contributed by atoms with Crippen LogP contribution in [0.15, 0.2) is 45.3 Å². The summed E-state index contributed by atoms with van der Waals surface area (Å²) in [5.74, 6) is 1.24. The molecule has 0 fully saturated rings. The quantitative estimate of drug-likeness (QED) is 0.729. The number of hydrogen-bond donors (Lipinski definition) is 1. The Morgan fingerprint density at radius 1 is 1.09 bits per heavy atom. The Kier molecular flexibility index (Phi) is 6.47. The fourth-order valence-corrected chi connectivity index (χ4v) is 3.05. The number of nitrogens with one attached hydrogen (secondary N) is 1. The Labute approximate surface area is 152 Å². The Morgan fingerprint density at radius 3 is 2.43 bits per heavy atom. The molecule has 0 aromatic heterocycles. The summed E-state index contributed by atoms with van der Waals surface area (Å²) < 4.78 is 12.4. The second-order valence-electron chi connectivity index (χ2n) is 4.81. The standard InChI is InChI=1S/C17H17Br2NO3/c1-22-15-9-11(14(19)10-16(15)23-2)6-7-20-17(21)12-4-3-5-13(18)8-12/h3-5,8-10H,6-7H2,1-2H3,(H,20,21). The summed E-state index contributed by atoms with van der Waals surface area (Å²) in [6.45, 7) is 0.527. The van der Waals surface area contributed by atoms with Crippen molar-refractivity contribution in [2.45, 2.75) is 6.42 Å². The van der Waals surface area contributed by atoms with Crippen molar-refractivity contribution in [1.29, 1.82) is 0 Å². The van der Waals surface area contributed by atoms with Crippen LogP contribution in [0.25, 0.3) is 0 Å². The average molecular weight is 443 g/mol. The van der Waals surface area contributed by atoms with Gasteiger partial charge in [-0.3, -0.25) is 4.79 Å². The molecular formula is C17H17Br2NO3. The number of ether oxygens (including phenoxy) is 2. The molecule has 2 rings (SSSR count). The van der Waals surface area contributed by atoms with Crippen molar-refractivity contribution in [2.24, 2.45) is 0 Å². The molecular weight excluding hydrogens is 426 g/mol. The molecule has 0 atom stereocenters. The van der Waals surface area contributed by atoms with Crippen LogP contribution >= 0.6 is 31.9 Å². The van der Waals surface area contributed by atoms with E-state index in [1.165, 1.54) is 0 Å². The van der Waals surface area contributed by atoms with E-state index >= 15 is 0 Å². The zero-order valence-corrected chi connectivity index (χ0v) is 16.0. The second kappa shape index (κ2) is 8.36. The Morgan fingerprint density at radius 2 is 1.78 bits per heavy atom. The van der Waals surface area contributed by atoms with Gasteiger partial charge in [0.1, 0.15) is 0 Å². The summed E-state index contributed by atoms with van der Waals surface area (Å²) in [4.78, 5) is 12.1. The van der Waals surface area contributed by atoms with Crippen molar-refractivity contribution >= 4 is 37.8 Å². The molecule has 0 bridgehead atoms. The molecule has 0 saturated carbocycles. The maximum atomic E-state index is 12.1. The van der Waals surface area contributed by atoms with Gasteiger partial charge in [0.25, 0.3) is 5.91 Å². The predicted octanol–water partition coefficient (Wildman–Crippen LogP) is 4.20. The summed E-state index contributed by atoms with van der Waals surface area (Å²) >= 11 is 6.88. The van der Waals surface area contributed by atoms with E-state index in [2.05, 4.69) is 37.2 Å². The monoisotopic (exact) mass is 441 g/mol. The van der Waals surface area contributed by atoms with Gasteiger partial charge in [-0.1, -0.05) is 37.9 Å². The molecule has 0 aliphatic heterocycles. The van der Waals surface area contributed by atoms with Gasteiger partial charge in [-0.2, -0.15) is 0 Å². The Hall–Kier alpha value is -1.53. The lowest BCUT2D eigenvalue weighted by Crippen LogP contribution is -2.25. The molecule has 0 radical (unpaired) electrons. The lowest BCUT2D eigenvalue weighted by Gasteiger charge is -2.12. The predicted molar refractivity (Wildman–Crippen MR) is 97.4 cm³/mol. The minimum absolute atomic E-state index is 0.0945. The maximum absolute atomic E-state index is 12.1. The largest absolute Gasteiger partial charge is 0.493 e. The summed E-state index contributed by atoms with van der Waals surface area (Å²) in [7, 11) is 3.20. The lowest BCUT2D eigenvalue weighted by atomic mass is 10.1. The van der Waals surface area contributed by atoms with Gasteiger partial charge in [0.2, 0.25) is 0 Å². The topological polar surface area (TPSA) is 47.6 Å². The number of methoxy groups -OCH3 is 2. The molecule has 6 heteroatoms. The van der Waals surface area contributed by atoms with E-state index in [0.717, 1.165) is 14.5 Å². The van der Waals surface area contributed by atoms with Gasteiger partial charge in [0, 0.05) is 21.1 Å². The first-order chi connectivity index (χ1) is 11.0. The van der Waals surface area contributed by atoms with Gasteiger partial charge < -0.3 is 14.8 Å². The lowest BCUT2D eigenvalue weighted by molar-refractivity contribution is 0.0954. The van der Waals surface area contributed by atoms with Crippen LogP contribution in [0.3, 0.4) is 0 Å². The highest BCUT2D eigenvalue weighted by atomic mass is 79.9. The van der Waals surface area contributed by atoms with Crippen LogP contribution in [0.5, 0.6) is 11.5 Å². The van der Waals surface area contributed by atoms with Crippen molar-refractivity contribution in [3.05, 3.63) is 56.5 Å². The fraction of sp³-hybridized carbons (Fsp3) is 0.235. The van der Waals surface area contributed by atoms with E-state index in [0.29, 0.717) is 30.0 Å². The number of hydrogen-bond acceptors (Lipinski definition) is 3. The zero-order valence-electron chi connectivity index (χ0n) is 12.9. The van der Waals surface area contributed by atoms with Crippen LogP contribution in [-0.4, -0.2) is 26.7 Å². The van der Waals surface area contributed by atoms with Crippen LogP contribution in [0.1, 0.15) is 15.9 Å². The van der Waals surface area contributed by atoms with Crippen molar-refractivity contribution < 1.29 is 14.3 Å². The average Bonchev–Trinajstić information content (AvgIpc) is 2.55. The molecule has 0 heterocycles. The van der Waals surface area contributed by atoms with E-state index in [-0.39, 0.29) is 5.91 Å². The molecule has 23 heavy (non-hydrogen) atoms. The summed E-state index contributed by atoms with van der Waals surface area (Å²) in [6, 6.07) is 11.1. The number of carbonyl (C=O) groups excluding carboxylic acids is 1. The van der Waals surface area contributed by atoms with Crippen molar-refractivity contribution in [1.82, 2.24) is 5.32 Å². The van der Waals surface area contributed by atoms with Gasteiger partial charge in [-0.05, 0) is 42.3 Å². The highest BCUT2D eigenvalue weighted by Gasteiger charge is 2.10. The molecule has 4 nitrogen and oxygen atoms in total. The molecule has 2 aromatic carbocycles. The van der Waals surface area contributed by atoms with Crippen molar-refractivity contribution in [3.8, 4) is 11.5 Å². The van der Waals surface area contributed by atoms with Crippen LogP contribution in [-0.2, 0) is 6.42 Å². The zero-order chi connectivity index (χ0) is 16.8. The van der Waals surface area contributed by atoms with Crippen LogP contribution in [0.2, 0.25) is 0 Å². The number of halogens is 2. The van der Waals surface area contributed by atoms with E-state index in [1.54, 1.807) is 26.4 Å². The maximum Gasteiger partial charge on any atom is 0.251 e. The molecule has 0 unspecified atom stereocenters. The SMILES string of the molecule is COc1cc(Br)c(CCNC(=O)c2cccc(Br)c2)cc1OC. The molecule has 0 spiro atoms. The Balaban J connectivity index is 2.00. The fourth-order valence-electron chi connectivity index (χ4n) is 2.13. The van der Waals surface area contributed by atoms with Gasteiger partial charge in [-0.25, -0.2) is 0 Å². The van der Waals surface area contributed by atoms with Gasteiger partial charge in [-0.15, -0.1) is 0 Å². The van der Waals surface area contributed by atoms with Gasteiger partial charge in [0.15, 0.2) is 11.5 Å². The third kappa shape index (κ3) is 4.72. The Bertz CT molecular complexity index is 704. The number of carbonyl (C=O) groups is 1. The van der Waals surface area contributed by atoms with Crippen LogP contribution < -0.4 is 14.8 Å². The summed E-state index contributed by atoms with van der Waals surface area (Å²) in [5.41, 5.74) is 1.67. The first kappa shape index (κ1) is 17.8. The smallest absolute Gasteiger partial charge is 0.251 e. The van der Waals surface area contributed by atoms with Gasteiger partial charge in [0.05, 0.1) is 14.2 Å². The molecule has 1 N–H and O–H groups in total. The molecule has 0 aliphatic rings. The third-order valence-corrected chi connectivity index (χ3v) is 4.55. The van der Waals surface area contributed by atoms with Gasteiger partial charge >= 0.3 is 0 Å². The molecule has 0 saturated heterocycles. The van der Waals surface area contributed by atoms with E-state index in [4.69, 9.17) is 9.47 Å². The first-order valence-corrected chi connectivity index (χ1v) is 8.58. The van der Waals surface area contributed by atoms with Crippen LogP contribution in [0.4, 0.5) is 0 Å². The number of rotatable bonds is 6. The summed E-state index contributed by atoms with van der Waals surface area (Å²) in [5, 5.41) is 2.92. The number of amides is 1. The third-order valence-electron chi connectivity index (χ3n) is 3.32. The molecule has 1 amide bonds. The molecule has 0 aliphatic carbocycles. The molecule has 122 valence electrons. The van der Waals surface area contributed by atoms with Crippen LogP contribution in [0, 0.1) is 0 Å². The van der Waals surface area contributed by atoms with Crippen molar-refractivity contribution in [2.75, 3.05) is 20.8 Å². The second-order valence-corrected chi connectivity index (χ2v) is 6.58. The highest BCUT2D eigenvalue weighted by molar-refractivity contribution is 9.10. The first-order valence-electron chi connectivity index (χ1n) is 6.99. The minimum atomic E-state index is -0.0945. The number of benzene rings is 2. The van der Waals surface area contributed by atoms with E-state index in [1.807, 2.05) is 24.3 Å². The van der Waals surface area contributed by atoms with Crippen molar-refractivity contribution in [3.63, 3.8) is 0 Å². The van der Waals surface area contributed by atoms with E-state index in [9.17, 15) is 4.79 Å². The normalized spacial score (nSPS) is 10.3. The highest BCUT2D eigenvalue weighted by Crippen LogP contribution is 2.33. The minimum Gasteiger partial charge on any atom is -0.493 e.